The molecule has 1 saturated carbocycles. The van der Waals surface area contributed by atoms with Crippen LogP contribution in [0.2, 0.25) is 0 Å². The zero-order valence-electron chi connectivity index (χ0n) is 12.2. The Kier molecular flexibility index (Phi) is 4.68. The van der Waals surface area contributed by atoms with E-state index in [1.165, 1.54) is 11.4 Å². The van der Waals surface area contributed by atoms with Gasteiger partial charge in [0.05, 0.1) is 18.8 Å². The Morgan fingerprint density at radius 2 is 1.85 bits per heavy atom. The van der Waals surface area contributed by atoms with Crippen LogP contribution in [0, 0.1) is 0 Å². The van der Waals surface area contributed by atoms with Gasteiger partial charge < -0.3 is 10.1 Å². The third-order valence-electron chi connectivity index (χ3n) is 3.41. The Labute approximate surface area is 120 Å². The van der Waals surface area contributed by atoms with Gasteiger partial charge in [0, 0.05) is 26.2 Å². The fraction of sp³-hybridized carbons (Fsp3) is 0.917. The highest BCUT2D eigenvalue weighted by atomic mass is 32.2. The van der Waals surface area contributed by atoms with Gasteiger partial charge in [-0.2, -0.15) is 17.0 Å². The van der Waals surface area contributed by atoms with Gasteiger partial charge >= 0.3 is 0 Å². The third kappa shape index (κ3) is 3.91. The largest absolute Gasteiger partial charge is 0.373 e. The minimum Gasteiger partial charge on any atom is -0.373 e. The number of nitrogens with one attached hydrogen (secondary N) is 1. The van der Waals surface area contributed by atoms with Gasteiger partial charge in [0.1, 0.15) is 0 Å². The maximum absolute atomic E-state index is 12.4. The van der Waals surface area contributed by atoms with E-state index in [0.717, 1.165) is 17.1 Å². The molecule has 20 heavy (non-hydrogen) atoms. The molecule has 1 heterocycles. The highest BCUT2D eigenvalue weighted by Gasteiger charge is 2.34. The molecule has 2 aliphatic rings. The summed E-state index contributed by atoms with van der Waals surface area (Å²) in [5, 5.41) is 2.79. The molecule has 116 valence electrons. The molecule has 1 amide bonds. The topological polar surface area (TPSA) is 79.0 Å². The molecule has 2 atom stereocenters. The van der Waals surface area contributed by atoms with Crippen LogP contribution in [-0.2, 0) is 19.7 Å². The van der Waals surface area contributed by atoms with Crippen LogP contribution in [-0.4, -0.2) is 67.9 Å². The first kappa shape index (κ1) is 15.7. The van der Waals surface area contributed by atoms with Crippen LogP contribution in [0.25, 0.3) is 0 Å². The van der Waals surface area contributed by atoms with E-state index >= 15 is 0 Å². The minimum absolute atomic E-state index is 0.137. The van der Waals surface area contributed by atoms with E-state index in [-0.39, 0.29) is 30.7 Å². The van der Waals surface area contributed by atoms with Crippen molar-refractivity contribution in [3.8, 4) is 0 Å². The van der Waals surface area contributed by atoms with Crippen molar-refractivity contribution in [2.75, 3.05) is 26.7 Å². The number of hydrogen-bond acceptors (Lipinski definition) is 4. The van der Waals surface area contributed by atoms with Crippen molar-refractivity contribution in [1.82, 2.24) is 13.9 Å². The Morgan fingerprint density at radius 1 is 1.30 bits per heavy atom. The van der Waals surface area contributed by atoms with Gasteiger partial charge in [-0.3, -0.25) is 4.79 Å². The minimum atomic E-state index is -3.61. The Balaban J connectivity index is 1.95. The van der Waals surface area contributed by atoms with E-state index in [4.69, 9.17) is 4.74 Å². The summed E-state index contributed by atoms with van der Waals surface area (Å²) in [7, 11) is -2.18. The molecule has 8 heteroatoms. The second-order valence-electron chi connectivity index (χ2n) is 5.68. The molecule has 0 radical (unpaired) electrons. The zero-order valence-corrected chi connectivity index (χ0v) is 13.0. The molecule has 1 saturated heterocycles. The summed E-state index contributed by atoms with van der Waals surface area (Å²) in [6, 6.07) is 0.238. The summed E-state index contributed by atoms with van der Waals surface area (Å²) in [4.78, 5) is 11.7. The maximum Gasteiger partial charge on any atom is 0.282 e. The normalized spacial score (nSPS) is 28.6. The average Bonchev–Trinajstić information content (AvgIpc) is 3.11. The van der Waals surface area contributed by atoms with Crippen molar-refractivity contribution in [1.29, 1.82) is 0 Å². The highest BCUT2D eigenvalue weighted by Crippen LogP contribution is 2.19. The number of carbonyl (C=O) groups excluding carboxylic acids is 1. The summed E-state index contributed by atoms with van der Waals surface area (Å²) in [6.07, 6.45) is 1.70. The molecule has 0 aromatic carbocycles. The summed E-state index contributed by atoms with van der Waals surface area (Å²) in [6.45, 7) is 4.19. The number of likely N-dealkylation sites (N-methyl/N-ethyl adjacent to an activating group) is 1. The van der Waals surface area contributed by atoms with Crippen molar-refractivity contribution < 1.29 is 17.9 Å². The predicted molar refractivity (Wildman–Crippen MR) is 74.3 cm³/mol. The fourth-order valence-electron chi connectivity index (χ4n) is 2.30. The number of amides is 1. The fourth-order valence-corrected chi connectivity index (χ4v) is 3.77. The highest BCUT2D eigenvalue weighted by molar-refractivity contribution is 7.86. The first-order chi connectivity index (χ1) is 9.29. The third-order valence-corrected chi connectivity index (χ3v) is 5.28. The first-order valence-corrected chi connectivity index (χ1v) is 8.35. The number of morpholine rings is 1. The molecule has 7 nitrogen and oxygen atoms in total. The van der Waals surface area contributed by atoms with Crippen LogP contribution in [0.15, 0.2) is 0 Å². The van der Waals surface area contributed by atoms with E-state index in [9.17, 15) is 13.2 Å². The van der Waals surface area contributed by atoms with E-state index in [1.54, 1.807) is 0 Å². The van der Waals surface area contributed by atoms with E-state index in [1.807, 2.05) is 13.8 Å². The Hall–Kier alpha value is -0.700. The lowest BCUT2D eigenvalue weighted by atomic mass is 10.3. The lowest BCUT2D eigenvalue weighted by Crippen LogP contribution is -2.53. The molecular weight excluding hydrogens is 282 g/mol. The molecule has 1 aliphatic heterocycles. The van der Waals surface area contributed by atoms with Crippen molar-refractivity contribution >= 4 is 16.1 Å². The summed E-state index contributed by atoms with van der Waals surface area (Å²) in [5.74, 6) is -0.243. The molecule has 2 unspecified atom stereocenters. The Morgan fingerprint density at radius 3 is 2.35 bits per heavy atom. The summed E-state index contributed by atoms with van der Waals surface area (Å²) >= 11 is 0. The van der Waals surface area contributed by atoms with Crippen molar-refractivity contribution in [2.24, 2.45) is 0 Å². The molecule has 0 aromatic heterocycles. The van der Waals surface area contributed by atoms with Crippen LogP contribution < -0.4 is 5.32 Å². The van der Waals surface area contributed by atoms with Crippen LogP contribution >= 0.6 is 0 Å². The van der Waals surface area contributed by atoms with Crippen LogP contribution in [0.5, 0.6) is 0 Å². The second-order valence-corrected chi connectivity index (χ2v) is 7.72. The molecule has 2 rings (SSSR count). The summed E-state index contributed by atoms with van der Waals surface area (Å²) < 4.78 is 32.9. The summed E-state index contributed by atoms with van der Waals surface area (Å²) in [5.41, 5.74) is 0. The van der Waals surface area contributed by atoms with Gasteiger partial charge in [-0.15, -0.1) is 0 Å². The van der Waals surface area contributed by atoms with E-state index in [0.29, 0.717) is 13.1 Å². The van der Waals surface area contributed by atoms with E-state index in [2.05, 4.69) is 5.32 Å². The van der Waals surface area contributed by atoms with Crippen LogP contribution in [0.3, 0.4) is 0 Å². The van der Waals surface area contributed by atoms with Crippen LogP contribution in [0.1, 0.15) is 26.7 Å². The molecule has 2 fully saturated rings. The SMILES string of the molecule is CC1CN(S(=O)(=O)N(C)CC(=O)NC2CC2)CC(C)O1. The number of ether oxygens (including phenoxy) is 1. The molecule has 0 aromatic rings. The number of carbonyl (C=O) groups is 1. The molecule has 1 N–H and O–H groups in total. The average molecular weight is 305 g/mol. The van der Waals surface area contributed by atoms with Gasteiger partial charge in [-0.1, -0.05) is 0 Å². The van der Waals surface area contributed by atoms with Gasteiger partial charge in [0.15, 0.2) is 0 Å². The number of rotatable bonds is 5. The monoisotopic (exact) mass is 305 g/mol. The van der Waals surface area contributed by atoms with Crippen molar-refractivity contribution in [3.05, 3.63) is 0 Å². The molecule has 0 bridgehead atoms. The van der Waals surface area contributed by atoms with Gasteiger partial charge in [-0.25, -0.2) is 0 Å². The van der Waals surface area contributed by atoms with Gasteiger partial charge in [0.25, 0.3) is 10.2 Å². The van der Waals surface area contributed by atoms with Gasteiger partial charge in [-0.05, 0) is 26.7 Å². The lowest BCUT2D eigenvalue weighted by Gasteiger charge is -2.36. The van der Waals surface area contributed by atoms with Crippen molar-refractivity contribution in [2.45, 2.75) is 44.9 Å². The van der Waals surface area contributed by atoms with Crippen LogP contribution in [0.4, 0.5) is 0 Å². The maximum atomic E-state index is 12.4. The lowest BCUT2D eigenvalue weighted by molar-refractivity contribution is -0.121. The second kappa shape index (κ2) is 5.97. The molecule has 0 spiro atoms. The smallest absolute Gasteiger partial charge is 0.282 e. The molecular formula is C12H23N3O4S. The van der Waals surface area contributed by atoms with Gasteiger partial charge in [0.2, 0.25) is 5.91 Å². The zero-order chi connectivity index (χ0) is 14.9. The van der Waals surface area contributed by atoms with Crippen molar-refractivity contribution in [3.63, 3.8) is 0 Å². The standard InChI is InChI=1S/C12H23N3O4S/c1-9-6-15(7-10(2)19-9)20(17,18)14(3)8-12(16)13-11-4-5-11/h9-11H,4-8H2,1-3H3,(H,13,16). The molecule has 1 aliphatic carbocycles. The quantitative estimate of drug-likeness (QED) is 0.746. The van der Waals surface area contributed by atoms with E-state index < -0.39 is 10.2 Å². The number of nitrogens with zero attached hydrogens (tertiary/aromatic N) is 2. The Bertz CT molecular complexity index is 453. The predicted octanol–water partition coefficient (Wildman–Crippen LogP) is -0.449. The number of hydrogen-bond donors (Lipinski definition) is 1. The first-order valence-electron chi connectivity index (χ1n) is 6.95.